The number of aryl methyl sites for hydroxylation is 1. The number of aromatic nitrogens is 3. The second kappa shape index (κ2) is 7.01. The van der Waals surface area contributed by atoms with Crippen LogP contribution in [0.15, 0.2) is 30.7 Å². The number of ether oxygens (including phenoxy) is 1. The van der Waals surface area contributed by atoms with Gasteiger partial charge in [-0.2, -0.15) is 5.10 Å². The lowest BCUT2D eigenvalue weighted by Gasteiger charge is -2.33. The molecule has 0 radical (unpaired) electrons. The van der Waals surface area contributed by atoms with Crippen molar-refractivity contribution in [2.24, 2.45) is 7.05 Å². The van der Waals surface area contributed by atoms with E-state index in [2.05, 4.69) is 32.6 Å². The Kier molecular flexibility index (Phi) is 4.60. The first-order valence-electron chi connectivity index (χ1n) is 8.79. The number of morpholine rings is 1. The summed E-state index contributed by atoms with van der Waals surface area (Å²) in [5.41, 5.74) is 3.26. The Morgan fingerprint density at radius 3 is 3.08 bits per heavy atom. The van der Waals surface area contributed by atoms with E-state index < -0.39 is 0 Å². The van der Waals surface area contributed by atoms with E-state index >= 15 is 0 Å². The molecule has 1 aliphatic carbocycles. The fraction of sp³-hybridized carbons (Fsp3) is 0.556. The zero-order valence-electron chi connectivity index (χ0n) is 14.2. The van der Waals surface area contributed by atoms with Gasteiger partial charge in [0.15, 0.2) is 0 Å². The fourth-order valence-electron chi connectivity index (χ4n) is 3.42. The van der Waals surface area contributed by atoms with Gasteiger partial charge in [-0.3, -0.25) is 14.6 Å². The van der Waals surface area contributed by atoms with Gasteiger partial charge in [-0.15, -0.1) is 0 Å². The Labute approximate surface area is 142 Å². The topological polar surface area (TPSA) is 55.2 Å². The highest BCUT2D eigenvalue weighted by Crippen LogP contribution is 2.28. The Hall–Kier alpha value is -1.76. The highest BCUT2D eigenvalue weighted by Gasteiger charge is 2.32. The van der Waals surface area contributed by atoms with Gasteiger partial charge in [0.05, 0.1) is 18.4 Å². The van der Waals surface area contributed by atoms with Crippen LogP contribution in [-0.2, 0) is 18.3 Å². The SMILES string of the molecule is Cn1cc(CNC[C@@H]2CN(C3CC3)CCO2)c(-c2cccnc2)n1. The van der Waals surface area contributed by atoms with Crippen LogP contribution < -0.4 is 5.32 Å². The summed E-state index contributed by atoms with van der Waals surface area (Å²) in [6, 6.07) is 4.83. The Morgan fingerprint density at radius 2 is 2.29 bits per heavy atom. The van der Waals surface area contributed by atoms with Gasteiger partial charge in [0.2, 0.25) is 0 Å². The molecule has 6 nitrogen and oxygen atoms in total. The monoisotopic (exact) mass is 327 g/mol. The maximum Gasteiger partial charge on any atom is 0.0983 e. The third kappa shape index (κ3) is 3.66. The van der Waals surface area contributed by atoms with E-state index in [-0.39, 0.29) is 6.10 Å². The van der Waals surface area contributed by atoms with Crippen molar-refractivity contribution < 1.29 is 4.74 Å². The molecule has 1 saturated heterocycles. The number of hydrogen-bond donors (Lipinski definition) is 1. The first kappa shape index (κ1) is 15.7. The predicted molar refractivity (Wildman–Crippen MR) is 92.5 cm³/mol. The summed E-state index contributed by atoms with van der Waals surface area (Å²) in [7, 11) is 1.96. The molecule has 1 saturated carbocycles. The van der Waals surface area contributed by atoms with Crippen molar-refractivity contribution in [1.29, 1.82) is 0 Å². The van der Waals surface area contributed by atoms with Crippen molar-refractivity contribution >= 4 is 0 Å². The molecule has 0 bridgehead atoms. The molecule has 1 aliphatic heterocycles. The van der Waals surface area contributed by atoms with Crippen molar-refractivity contribution in [1.82, 2.24) is 25.0 Å². The van der Waals surface area contributed by atoms with Crippen LogP contribution >= 0.6 is 0 Å². The second-order valence-electron chi connectivity index (χ2n) is 6.77. The minimum atomic E-state index is 0.290. The standard InChI is InChI=1S/C18H25N5O/c1-22-12-15(18(21-22)14-3-2-6-19-9-14)10-20-11-17-13-23(7-8-24-17)16-4-5-16/h2-3,6,9,12,16-17,20H,4-5,7-8,10-11,13H2,1H3/t17-/m1/s1. The van der Waals surface area contributed by atoms with Gasteiger partial charge in [-0.05, 0) is 25.0 Å². The lowest BCUT2D eigenvalue weighted by atomic mass is 10.1. The van der Waals surface area contributed by atoms with Crippen LogP contribution in [0.3, 0.4) is 0 Å². The van der Waals surface area contributed by atoms with E-state index in [9.17, 15) is 0 Å². The molecular weight excluding hydrogens is 302 g/mol. The van der Waals surface area contributed by atoms with Crippen molar-refractivity contribution in [3.8, 4) is 11.3 Å². The first-order chi connectivity index (χ1) is 11.8. The fourth-order valence-corrected chi connectivity index (χ4v) is 3.42. The minimum Gasteiger partial charge on any atom is -0.374 e. The van der Waals surface area contributed by atoms with Crippen LogP contribution in [0.4, 0.5) is 0 Å². The van der Waals surface area contributed by atoms with Crippen molar-refractivity contribution in [3.63, 3.8) is 0 Å². The number of nitrogens with zero attached hydrogens (tertiary/aromatic N) is 4. The summed E-state index contributed by atoms with van der Waals surface area (Å²) in [6.07, 6.45) is 8.75. The maximum atomic E-state index is 5.91. The van der Waals surface area contributed by atoms with E-state index in [1.165, 1.54) is 18.4 Å². The molecular formula is C18H25N5O. The molecule has 0 amide bonds. The number of rotatable bonds is 6. The van der Waals surface area contributed by atoms with Gasteiger partial charge < -0.3 is 10.1 Å². The molecule has 3 heterocycles. The zero-order chi connectivity index (χ0) is 16.4. The van der Waals surface area contributed by atoms with Crippen LogP contribution in [0.2, 0.25) is 0 Å². The molecule has 0 spiro atoms. The molecule has 2 aliphatic rings. The largest absolute Gasteiger partial charge is 0.374 e. The van der Waals surface area contributed by atoms with Crippen molar-refractivity contribution in [2.75, 3.05) is 26.2 Å². The molecule has 6 heteroatoms. The lowest BCUT2D eigenvalue weighted by Crippen LogP contribution is -2.47. The highest BCUT2D eigenvalue weighted by molar-refractivity contribution is 5.61. The number of hydrogen-bond acceptors (Lipinski definition) is 5. The lowest BCUT2D eigenvalue weighted by molar-refractivity contribution is -0.0301. The zero-order valence-corrected chi connectivity index (χ0v) is 14.2. The summed E-state index contributed by atoms with van der Waals surface area (Å²) in [6.45, 7) is 4.68. The van der Waals surface area contributed by atoms with E-state index in [1.807, 2.05) is 24.0 Å². The van der Waals surface area contributed by atoms with Gasteiger partial charge >= 0.3 is 0 Å². The highest BCUT2D eigenvalue weighted by atomic mass is 16.5. The average molecular weight is 327 g/mol. The maximum absolute atomic E-state index is 5.91. The van der Waals surface area contributed by atoms with Gasteiger partial charge in [0.25, 0.3) is 0 Å². The Bertz CT molecular complexity index is 667. The summed E-state index contributed by atoms with van der Waals surface area (Å²) >= 11 is 0. The molecule has 1 atom stereocenters. The molecule has 24 heavy (non-hydrogen) atoms. The molecule has 4 rings (SSSR count). The molecule has 128 valence electrons. The van der Waals surface area contributed by atoms with Crippen LogP contribution in [0.1, 0.15) is 18.4 Å². The average Bonchev–Trinajstić information content (AvgIpc) is 3.39. The molecule has 1 N–H and O–H groups in total. The quantitative estimate of drug-likeness (QED) is 0.870. The molecule has 2 fully saturated rings. The first-order valence-corrected chi connectivity index (χ1v) is 8.79. The summed E-state index contributed by atoms with van der Waals surface area (Å²) in [5, 5.41) is 8.14. The van der Waals surface area contributed by atoms with Crippen LogP contribution in [0.25, 0.3) is 11.3 Å². The number of nitrogens with one attached hydrogen (secondary N) is 1. The van der Waals surface area contributed by atoms with Gasteiger partial charge in [-0.25, -0.2) is 0 Å². The van der Waals surface area contributed by atoms with Crippen LogP contribution in [0.5, 0.6) is 0 Å². The van der Waals surface area contributed by atoms with E-state index in [0.717, 1.165) is 50.1 Å². The van der Waals surface area contributed by atoms with E-state index in [4.69, 9.17) is 4.74 Å². The summed E-state index contributed by atoms with van der Waals surface area (Å²) in [5.74, 6) is 0. The van der Waals surface area contributed by atoms with E-state index in [0.29, 0.717) is 0 Å². The summed E-state index contributed by atoms with van der Waals surface area (Å²) in [4.78, 5) is 6.78. The smallest absolute Gasteiger partial charge is 0.0983 e. The van der Waals surface area contributed by atoms with Gasteiger partial charge in [0, 0.05) is 69.0 Å². The number of pyridine rings is 1. The predicted octanol–water partition coefficient (Wildman–Crippen LogP) is 1.43. The molecule has 2 aromatic heterocycles. The Balaban J connectivity index is 1.34. The van der Waals surface area contributed by atoms with Crippen molar-refractivity contribution in [3.05, 3.63) is 36.3 Å². The van der Waals surface area contributed by atoms with Crippen LogP contribution in [0, 0.1) is 0 Å². The van der Waals surface area contributed by atoms with Gasteiger partial charge in [-0.1, -0.05) is 0 Å². The molecule has 0 unspecified atom stereocenters. The summed E-state index contributed by atoms with van der Waals surface area (Å²) < 4.78 is 7.78. The minimum absolute atomic E-state index is 0.290. The third-order valence-corrected chi connectivity index (χ3v) is 4.76. The van der Waals surface area contributed by atoms with Crippen molar-refractivity contribution in [2.45, 2.75) is 31.5 Å². The van der Waals surface area contributed by atoms with Crippen LogP contribution in [-0.4, -0.2) is 58.1 Å². The normalized spacial score (nSPS) is 22.0. The third-order valence-electron chi connectivity index (χ3n) is 4.76. The molecule has 0 aromatic carbocycles. The molecule has 2 aromatic rings. The van der Waals surface area contributed by atoms with E-state index in [1.54, 1.807) is 6.20 Å². The second-order valence-corrected chi connectivity index (χ2v) is 6.77. The van der Waals surface area contributed by atoms with Gasteiger partial charge in [0.1, 0.15) is 0 Å². The Morgan fingerprint density at radius 1 is 1.38 bits per heavy atom.